The Morgan fingerprint density at radius 3 is 2.00 bits per heavy atom. The molecule has 0 aliphatic carbocycles. The molecule has 172 valence electrons. The van der Waals surface area contributed by atoms with Crippen molar-refractivity contribution in [3.63, 3.8) is 0 Å². The van der Waals surface area contributed by atoms with Crippen molar-refractivity contribution >= 4 is 17.9 Å². The van der Waals surface area contributed by atoms with E-state index in [0.29, 0.717) is 13.2 Å². The molecule has 0 N–H and O–H groups in total. The molecule has 0 aromatic heterocycles. The molecule has 0 unspecified atom stereocenters. The number of carbonyl (C=O) groups excluding carboxylic acids is 3. The number of ether oxygens (including phenoxy) is 7. The fourth-order valence-electron chi connectivity index (χ4n) is 3.30. The highest BCUT2D eigenvalue weighted by molar-refractivity contribution is 5.67. The van der Waals surface area contributed by atoms with Crippen LogP contribution in [0.3, 0.4) is 0 Å². The minimum absolute atomic E-state index is 0.0508. The summed E-state index contributed by atoms with van der Waals surface area (Å²) in [4.78, 5) is 34.6. The number of carbonyl (C=O) groups is 3. The summed E-state index contributed by atoms with van der Waals surface area (Å²) in [5.74, 6) is -2.69. The van der Waals surface area contributed by atoms with Gasteiger partial charge in [-0.2, -0.15) is 0 Å². The Bertz CT molecular complexity index is 609. The third-order valence-corrected chi connectivity index (χ3v) is 4.89. The summed E-state index contributed by atoms with van der Waals surface area (Å²) in [5, 5.41) is 0. The second-order valence-corrected chi connectivity index (χ2v) is 8.07. The molecule has 10 heteroatoms. The Morgan fingerprint density at radius 1 is 0.900 bits per heavy atom. The first-order valence-corrected chi connectivity index (χ1v) is 10.0. The SMILES string of the molecule is CC(=O)OC[C@H]1O[C@@H](OCC2COC(C)(C)OC2)[C@H](OC(C)=O)[C@@H](OC(C)=O)[C@H]1C. The van der Waals surface area contributed by atoms with Crippen LogP contribution >= 0.6 is 0 Å². The maximum atomic E-state index is 11.7. The number of hydrogen-bond donors (Lipinski definition) is 0. The van der Waals surface area contributed by atoms with Gasteiger partial charge in [-0.3, -0.25) is 14.4 Å². The predicted molar refractivity (Wildman–Crippen MR) is 101 cm³/mol. The minimum Gasteiger partial charge on any atom is -0.463 e. The van der Waals surface area contributed by atoms with Crippen LogP contribution in [-0.4, -0.2) is 74.7 Å². The predicted octanol–water partition coefficient (Wildman–Crippen LogP) is 1.19. The van der Waals surface area contributed by atoms with Crippen molar-refractivity contribution in [3.8, 4) is 0 Å². The maximum absolute atomic E-state index is 11.7. The lowest BCUT2D eigenvalue weighted by Crippen LogP contribution is -2.58. The van der Waals surface area contributed by atoms with Crippen molar-refractivity contribution in [2.75, 3.05) is 26.4 Å². The Hall–Kier alpha value is -1.75. The van der Waals surface area contributed by atoms with Crippen LogP contribution < -0.4 is 0 Å². The molecule has 0 aromatic carbocycles. The third kappa shape index (κ3) is 7.19. The highest BCUT2D eigenvalue weighted by Crippen LogP contribution is 2.32. The molecular formula is C20H32O10. The van der Waals surface area contributed by atoms with Gasteiger partial charge >= 0.3 is 17.9 Å². The van der Waals surface area contributed by atoms with Gasteiger partial charge in [0.1, 0.15) is 18.8 Å². The average molecular weight is 432 g/mol. The summed E-state index contributed by atoms with van der Waals surface area (Å²) in [6, 6.07) is 0. The first kappa shape index (κ1) is 24.5. The van der Waals surface area contributed by atoms with E-state index in [1.165, 1.54) is 20.8 Å². The number of rotatable bonds is 7. The van der Waals surface area contributed by atoms with Gasteiger partial charge in [-0.25, -0.2) is 0 Å². The Balaban J connectivity index is 2.13. The lowest BCUT2D eigenvalue weighted by atomic mass is 9.90. The molecular weight excluding hydrogens is 400 g/mol. The smallest absolute Gasteiger partial charge is 0.303 e. The topological polar surface area (TPSA) is 116 Å². The van der Waals surface area contributed by atoms with Crippen LogP contribution in [0.1, 0.15) is 41.5 Å². The lowest BCUT2D eigenvalue weighted by Gasteiger charge is -2.44. The highest BCUT2D eigenvalue weighted by atomic mass is 16.7. The Morgan fingerprint density at radius 2 is 1.47 bits per heavy atom. The van der Waals surface area contributed by atoms with Gasteiger partial charge in [0.25, 0.3) is 0 Å². The molecule has 2 aliphatic rings. The quantitative estimate of drug-likeness (QED) is 0.429. The van der Waals surface area contributed by atoms with Crippen LogP contribution in [-0.2, 0) is 47.5 Å². The van der Waals surface area contributed by atoms with Crippen LogP contribution in [0.25, 0.3) is 0 Å². The summed E-state index contributed by atoms with van der Waals surface area (Å²) in [6.45, 7) is 10.2. The van der Waals surface area contributed by atoms with Crippen molar-refractivity contribution in [1.29, 1.82) is 0 Å². The van der Waals surface area contributed by atoms with Gasteiger partial charge in [0.2, 0.25) is 0 Å². The van der Waals surface area contributed by atoms with E-state index in [-0.39, 0.29) is 19.1 Å². The van der Waals surface area contributed by atoms with Crippen molar-refractivity contribution in [1.82, 2.24) is 0 Å². The second-order valence-electron chi connectivity index (χ2n) is 8.07. The van der Waals surface area contributed by atoms with Crippen LogP contribution in [0.2, 0.25) is 0 Å². The molecule has 2 rings (SSSR count). The van der Waals surface area contributed by atoms with E-state index in [2.05, 4.69) is 0 Å². The van der Waals surface area contributed by atoms with E-state index in [1.807, 2.05) is 13.8 Å². The number of esters is 3. The van der Waals surface area contributed by atoms with Gasteiger partial charge < -0.3 is 33.2 Å². The molecule has 2 fully saturated rings. The van der Waals surface area contributed by atoms with E-state index in [4.69, 9.17) is 33.2 Å². The van der Waals surface area contributed by atoms with Crippen LogP contribution in [0.4, 0.5) is 0 Å². The summed E-state index contributed by atoms with van der Waals surface area (Å²) < 4.78 is 39.0. The third-order valence-electron chi connectivity index (χ3n) is 4.89. The minimum atomic E-state index is -1.02. The first-order chi connectivity index (χ1) is 14.0. The molecule has 0 bridgehead atoms. The van der Waals surface area contributed by atoms with Crippen molar-refractivity contribution in [2.45, 2.75) is 71.9 Å². The van der Waals surface area contributed by atoms with Crippen molar-refractivity contribution < 1.29 is 47.5 Å². The summed E-state index contributed by atoms with van der Waals surface area (Å²) in [5.41, 5.74) is 0. The molecule has 0 aromatic rings. The fourth-order valence-corrected chi connectivity index (χ4v) is 3.30. The maximum Gasteiger partial charge on any atom is 0.303 e. The summed E-state index contributed by atoms with van der Waals surface area (Å²) in [6.07, 6.45) is -3.45. The molecule has 0 amide bonds. The van der Waals surface area contributed by atoms with Gasteiger partial charge in [0, 0.05) is 32.6 Å². The Labute approximate surface area is 176 Å². The van der Waals surface area contributed by atoms with Crippen LogP contribution in [0.5, 0.6) is 0 Å². The van der Waals surface area contributed by atoms with Gasteiger partial charge in [-0.15, -0.1) is 0 Å². The summed E-state index contributed by atoms with van der Waals surface area (Å²) >= 11 is 0. The molecule has 2 saturated heterocycles. The monoisotopic (exact) mass is 432 g/mol. The molecule has 2 aliphatic heterocycles. The zero-order valence-corrected chi connectivity index (χ0v) is 18.4. The van der Waals surface area contributed by atoms with Gasteiger partial charge in [-0.1, -0.05) is 6.92 Å². The molecule has 2 heterocycles. The van der Waals surface area contributed by atoms with Crippen LogP contribution in [0, 0.1) is 11.8 Å². The molecule has 30 heavy (non-hydrogen) atoms. The van der Waals surface area contributed by atoms with Gasteiger partial charge in [0.15, 0.2) is 18.2 Å². The van der Waals surface area contributed by atoms with Crippen molar-refractivity contribution in [3.05, 3.63) is 0 Å². The second kappa shape index (κ2) is 10.5. The molecule has 0 spiro atoms. The standard InChI is InChI=1S/C20H32O10/c1-11-16(10-24-12(2)21)30-19(18(29-14(4)23)17(11)28-13(3)22)25-7-15-8-26-20(5,6)27-9-15/h11,15-19H,7-10H2,1-6H3/t11-,16+,17-,18+,19+/m0/s1. The van der Waals surface area contributed by atoms with E-state index >= 15 is 0 Å². The Kier molecular flexibility index (Phi) is 8.60. The largest absolute Gasteiger partial charge is 0.463 e. The van der Waals surface area contributed by atoms with Gasteiger partial charge in [0.05, 0.1) is 19.8 Å². The molecule has 10 nitrogen and oxygen atoms in total. The fraction of sp³-hybridized carbons (Fsp3) is 0.850. The molecule has 0 saturated carbocycles. The molecule has 0 radical (unpaired) electrons. The summed E-state index contributed by atoms with van der Waals surface area (Å²) in [7, 11) is 0. The lowest BCUT2D eigenvalue weighted by molar-refractivity contribution is -0.308. The highest BCUT2D eigenvalue weighted by Gasteiger charge is 2.49. The van der Waals surface area contributed by atoms with Gasteiger partial charge in [-0.05, 0) is 13.8 Å². The zero-order chi connectivity index (χ0) is 22.5. The first-order valence-electron chi connectivity index (χ1n) is 10.0. The van der Waals surface area contributed by atoms with E-state index in [1.54, 1.807) is 6.92 Å². The zero-order valence-electron chi connectivity index (χ0n) is 18.4. The van der Waals surface area contributed by atoms with E-state index in [0.717, 1.165) is 0 Å². The average Bonchev–Trinajstić information content (AvgIpc) is 2.63. The van der Waals surface area contributed by atoms with Crippen LogP contribution in [0.15, 0.2) is 0 Å². The number of hydrogen-bond acceptors (Lipinski definition) is 10. The normalized spacial score (nSPS) is 31.6. The van der Waals surface area contributed by atoms with E-state index < -0.39 is 54.2 Å². The van der Waals surface area contributed by atoms with Crippen molar-refractivity contribution in [2.24, 2.45) is 11.8 Å². The van der Waals surface area contributed by atoms with E-state index in [9.17, 15) is 14.4 Å². The molecule has 5 atom stereocenters.